The number of alkyl halides is 3. The van der Waals surface area contributed by atoms with E-state index < -0.39 is 23.1 Å². The molecule has 1 saturated heterocycles. The lowest BCUT2D eigenvalue weighted by atomic mass is 10.1. The van der Waals surface area contributed by atoms with Gasteiger partial charge in [0.15, 0.2) is 11.5 Å². The number of ether oxygens (including phenoxy) is 2. The zero-order chi connectivity index (χ0) is 20.3. The van der Waals surface area contributed by atoms with Gasteiger partial charge in [-0.2, -0.15) is 13.2 Å². The molecule has 2 aromatic carbocycles. The molecule has 1 N–H and O–H groups in total. The van der Waals surface area contributed by atoms with E-state index in [1.807, 2.05) is 6.07 Å². The van der Waals surface area contributed by atoms with Crippen LogP contribution in [0.3, 0.4) is 0 Å². The first-order chi connectivity index (χ1) is 13.4. The molecule has 9 heteroatoms. The van der Waals surface area contributed by atoms with Crippen LogP contribution in [-0.4, -0.2) is 37.4 Å². The Morgan fingerprint density at radius 2 is 1.89 bits per heavy atom. The number of urea groups is 1. The van der Waals surface area contributed by atoms with E-state index in [-0.39, 0.29) is 5.69 Å². The lowest BCUT2D eigenvalue weighted by molar-refractivity contribution is -0.136. The fraction of sp³-hybridized carbons (Fsp3) is 0.316. The summed E-state index contributed by atoms with van der Waals surface area (Å²) < 4.78 is 50.3. The van der Waals surface area contributed by atoms with Crippen molar-refractivity contribution in [3.8, 4) is 11.5 Å². The van der Waals surface area contributed by atoms with Gasteiger partial charge in [-0.1, -0.05) is 24.3 Å². The number of rotatable bonds is 4. The van der Waals surface area contributed by atoms with Gasteiger partial charge < -0.3 is 19.7 Å². The first-order valence-corrected chi connectivity index (χ1v) is 9.48. The number of halogens is 3. The van der Waals surface area contributed by atoms with Crippen LogP contribution >= 0.6 is 11.8 Å². The molecule has 0 saturated carbocycles. The summed E-state index contributed by atoms with van der Waals surface area (Å²) in [5.74, 6) is 1.67. The van der Waals surface area contributed by atoms with Crippen molar-refractivity contribution in [1.29, 1.82) is 0 Å². The van der Waals surface area contributed by atoms with Crippen LogP contribution in [-0.2, 0) is 6.18 Å². The van der Waals surface area contributed by atoms with Crippen molar-refractivity contribution in [2.24, 2.45) is 0 Å². The highest BCUT2D eigenvalue weighted by atomic mass is 32.2. The molecule has 1 fully saturated rings. The van der Waals surface area contributed by atoms with Gasteiger partial charge in [0.05, 0.1) is 25.5 Å². The number of nitrogens with one attached hydrogen (secondary N) is 1. The summed E-state index contributed by atoms with van der Waals surface area (Å²) >= 11 is 1.51. The molecule has 1 aliphatic heterocycles. The number of para-hydroxylation sites is 2. The number of carbonyl (C=O) groups excluding carboxylic acids is 1. The average Bonchev–Trinajstić information content (AvgIpc) is 3.16. The molecule has 150 valence electrons. The van der Waals surface area contributed by atoms with Crippen LogP contribution in [0.15, 0.2) is 42.5 Å². The quantitative estimate of drug-likeness (QED) is 0.768. The van der Waals surface area contributed by atoms with Crippen molar-refractivity contribution >= 4 is 23.5 Å². The Morgan fingerprint density at radius 3 is 2.57 bits per heavy atom. The van der Waals surface area contributed by atoms with E-state index in [9.17, 15) is 18.0 Å². The Bertz CT molecular complexity index is 861. The topological polar surface area (TPSA) is 50.8 Å². The van der Waals surface area contributed by atoms with Gasteiger partial charge >= 0.3 is 12.2 Å². The summed E-state index contributed by atoms with van der Waals surface area (Å²) in [6.07, 6.45) is -4.56. The molecular formula is C19H19F3N2O3S. The molecule has 2 aromatic rings. The molecule has 1 atom stereocenters. The molecule has 2 amide bonds. The number of amides is 2. The summed E-state index contributed by atoms with van der Waals surface area (Å²) in [5.41, 5.74) is -0.428. The van der Waals surface area contributed by atoms with E-state index in [0.717, 1.165) is 11.6 Å². The molecule has 0 aliphatic carbocycles. The van der Waals surface area contributed by atoms with Gasteiger partial charge in [-0.15, -0.1) is 11.8 Å². The second-order valence-corrected chi connectivity index (χ2v) is 7.16. The Hall–Kier alpha value is -2.55. The lowest BCUT2D eigenvalue weighted by Gasteiger charge is -2.26. The van der Waals surface area contributed by atoms with Crippen LogP contribution in [0.4, 0.5) is 23.7 Å². The van der Waals surface area contributed by atoms with Crippen LogP contribution in [0, 0.1) is 0 Å². The minimum atomic E-state index is -4.56. The number of methoxy groups -OCH3 is 2. The molecule has 3 rings (SSSR count). The first kappa shape index (κ1) is 20.2. The number of nitrogens with zero attached hydrogens (tertiary/aromatic N) is 1. The maximum absolute atomic E-state index is 13.2. The Labute approximate surface area is 164 Å². The summed E-state index contributed by atoms with van der Waals surface area (Å²) in [7, 11) is 3.02. The third-order valence-corrected chi connectivity index (χ3v) is 5.57. The minimum absolute atomic E-state index is 0.270. The second-order valence-electron chi connectivity index (χ2n) is 5.97. The van der Waals surface area contributed by atoms with Gasteiger partial charge in [0, 0.05) is 17.9 Å². The van der Waals surface area contributed by atoms with Crippen molar-refractivity contribution in [1.82, 2.24) is 4.90 Å². The lowest BCUT2D eigenvalue weighted by Crippen LogP contribution is -2.35. The van der Waals surface area contributed by atoms with Gasteiger partial charge in [-0.3, -0.25) is 0 Å². The van der Waals surface area contributed by atoms with Crippen molar-refractivity contribution in [2.45, 2.75) is 11.6 Å². The number of hydrogen-bond acceptors (Lipinski definition) is 4. The number of carbonyl (C=O) groups is 1. The largest absolute Gasteiger partial charge is 0.493 e. The van der Waals surface area contributed by atoms with E-state index >= 15 is 0 Å². The fourth-order valence-electron chi connectivity index (χ4n) is 3.07. The SMILES string of the molecule is COc1cccc([C@@H]2SCCN2C(=O)Nc2ccccc2C(F)(F)F)c1OC. The highest BCUT2D eigenvalue weighted by Crippen LogP contribution is 2.45. The molecule has 0 spiro atoms. The van der Waals surface area contributed by atoms with Crippen LogP contribution < -0.4 is 14.8 Å². The Kier molecular flexibility index (Phi) is 5.93. The molecule has 1 aliphatic rings. The van der Waals surface area contributed by atoms with Gasteiger partial charge in [0.1, 0.15) is 5.37 Å². The molecule has 28 heavy (non-hydrogen) atoms. The summed E-state index contributed by atoms with van der Waals surface area (Å²) in [4.78, 5) is 14.3. The molecule has 1 heterocycles. The average molecular weight is 412 g/mol. The van der Waals surface area contributed by atoms with Crippen molar-refractivity contribution in [3.05, 3.63) is 53.6 Å². The molecule has 0 bridgehead atoms. The first-order valence-electron chi connectivity index (χ1n) is 8.43. The minimum Gasteiger partial charge on any atom is -0.493 e. The maximum Gasteiger partial charge on any atom is 0.418 e. The zero-order valence-electron chi connectivity index (χ0n) is 15.2. The van der Waals surface area contributed by atoms with E-state index in [0.29, 0.717) is 23.8 Å². The van der Waals surface area contributed by atoms with E-state index in [1.54, 1.807) is 12.1 Å². The second kappa shape index (κ2) is 8.22. The number of hydrogen-bond donors (Lipinski definition) is 1. The van der Waals surface area contributed by atoms with Crippen LogP contribution in [0.5, 0.6) is 11.5 Å². The Balaban J connectivity index is 1.88. The monoisotopic (exact) mass is 412 g/mol. The fourth-order valence-corrected chi connectivity index (χ4v) is 4.34. The highest BCUT2D eigenvalue weighted by Gasteiger charge is 2.36. The predicted molar refractivity (Wildman–Crippen MR) is 102 cm³/mol. The molecule has 0 aromatic heterocycles. The van der Waals surface area contributed by atoms with E-state index in [4.69, 9.17) is 9.47 Å². The smallest absolute Gasteiger partial charge is 0.418 e. The number of thioether (sulfide) groups is 1. The third kappa shape index (κ3) is 3.99. The van der Waals surface area contributed by atoms with Crippen LogP contribution in [0.1, 0.15) is 16.5 Å². The van der Waals surface area contributed by atoms with Gasteiger partial charge in [-0.25, -0.2) is 4.79 Å². The third-order valence-electron chi connectivity index (χ3n) is 4.33. The van der Waals surface area contributed by atoms with E-state index in [2.05, 4.69) is 5.32 Å². The van der Waals surface area contributed by atoms with Crippen LogP contribution in [0.2, 0.25) is 0 Å². The normalized spacial score (nSPS) is 16.8. The van der Waals surface area contributed by atoms with E-state index in [1.165, 1.54) is 49.1 Å². The van der Waals surface area contributed by atoms with Crippen molar-refractivity contribution in [2.75, 3.05) is 31.8 Å². The molecular weight excluding hydrogens is 393 g/mol. The standard InChI is InChI=1S/C19H19F3N2O3S/c1-26-15-9-5-6-12(16(15)27-2)17-24(10-11-28-17)18(25)23-14-8-4-3-7-13(14)19(20,21)22/h3-9,17H,10-11H2,1-2H3,(H,23,25)/t17-/m0/s1. The summed E-state index contributed by atoms with van der Waals surface area (Å²) in [6.45, 7) is 0.399. The van der Waals surface area contributed by atoms with Crippen molar-refractivity contribution in [3.63, 3.8) is 0 Å². The van der Waals surface area contributed by atoms with Crippen molar-refractivity contribution < 1.29 is 27.4 Å². The van der Waals surface area contributed by atoms with Gasteiger partial charge in [0.2, 0.25) is 0 Å². The number of benzene rings is 2. The maximum atomic E-state index is 13.2. The molecule has 0 unspecified atom stereocenters. The van der Waals surface area contributed by atoms with Gasteiger partial charge in [0.25, 0.3) is 0 Å². The predicted octanol–water partition coefficient (Wildman–Crippen LogP) is 5.00. The molecule has 0 radical (unpaired) electrons. The van der Waals surface area contributed by atoms with Crippen LogP contribution in [0.25, 0.3) is 0 Å². The highest BCUT2D eigenvalue weighted by molar-refractivity contribution is 7.99. The number of anilines is 1. The summed E-state index contributed by atoms with van der Waals surface area (Å²) in [5, 5.41) is 2.01. The zero-order valence-corrected chi connectivity index (χ0v) is 16.1. The van der Waals surface area contributed by atoms with Gasteiger partial charge in [-0.05, 0) is 18.2 Å². The summed E-state index contributed by atoms with van der Waals surface area (Å²) in [6, 6.07) is 9.66. The molecule has 5 nitrogen and oxygen atoms in total. The Morgan fingerprint density at radius 1 is 1.14 bits per heavy atom.